The molecule has 0 fully saturated rings. The maximum Gasteiger partial charge on any atom is 0.416 e. The number of hydrogen-bond acceptors (Lipinski definition) is 3. The summed E-state index contributed by atoms with van der Waals surface area (Å²) in [7, 11) is 0. The number of nitrogens with one attached hydrogen (secondary N) is 2. The zero-order valence-corrected chi connectivity index (χ0v) is 16.4. The van der Waals surface area contributed by atoms with Gasteiger partial charge in [-0.1, -0.05) is 19.1 Å². The summed E-state index contributed by atoms with van der Waals surface area (Å²) in [6, 6.07) is 10.6. The molecule has 2 heterocycles. The number of anilines is 1. The molecule has 0 spiro atoms. The van der Waals surface area contributed by atoms with Crippen LogP contribution in [0.15, 0.2) is 48.7 Å². The summed E-state index contributed by atoms with van der Waals surface area (Å²) in [6.07, 6.45) is -1.73. The van der Waals surface area contributed by atoms with Gasteiger partial charge < -0.3 is 10.2 Å². The normalized spacial score (nSPS) is 13.6. The molecule has 2 N–H and O–H groups in total. The Kier molecular flexibility index (Phi) is 5.24. The number of H-pyrrole nitrogens is 1. The molecule has 0 saturated heterocycles. The van der Waals surface area contributed by atoms with E-state index in [2.05, 4.69) is 15.5 Å². The summed E-state index contributed by atoms with van der Waals surface area (Å²) >= 11 is 0. The highest BCUT2D eigenvalue weighted by molar-refractivity contribution is 5.98. The SMILES string of the molecule is CCCN1Cc2cc(NCc3c[nH]nc3-c3ccc(C(F)(F)F)cc3)ccc2C1=O. The van der Waals surface area contributed by atoms with Crippen LogP contribution in [0.1, 0.15) is 40.4 Å². The van der Waals surface area contributed by atoms with Gasteiger partial charge in [-0.3, -0.25) is 9.89 Å². The molecular weight excluding hydrogens is 393 g/mol. The Hall–Kier alpha value is -3.29. The Morgan fingerprint density at radius 2 is 1.93 bits per heavy atom. The number of aromatic nitrogens is 2. The van der Waals surface area contributed by atoms with Gasteiger partial charge in [0, 0.05) is 48.2 Å². The Morgan fingerprint density at radius 3 is 2.63 bits per heavy atom. The molecule has 4 rings (SSSR count). The van der Waals surface area contributed by atoms with E-state index >= 15 is 0 Å². The van der Waals surface area contributed by atoms with Gasteiger partial charge in [0.2, 0.25) is 0 Å². The van der Waals surface area contributed by atoms with Crippen molar-refractivity contribution in [2.24, 2.45) is 0 Å². The van der Waals surface area contributed by atoms with Crippen LogP contribution in [0.2, 0.25) is 0 Å². The van der Waals surface area contributed by atoms with Crippen LogP contribution in [0.3, 0.4) is 0 Å². The van der Waals surface area contributed by atoms with Crippen LogP contribution in [0.25, 0.3) is 11.3 Å². The quantitative estimate of drug-likeness (QED) is 0.592. The van der Waals surface area contributed by atoms with Gasteiger partial charge in [0.1, 0.15) is 0 Å². The molecule has 0 bridgehead atoms. The minimum Gasteiger partial charge on any atom is -0.381 e. The topological polar surface area (TPSA) is 61.0 Å². The second-order valence-corrected chi connectivity index (χ2v) is 7.29. The largest absolute Gasteiger partial charge is 0.416 e. The minimum absolute atomic E-state index is 0.0674. The highest BCUT2D eigenvalue weighted by Crippen LogP contribution is 2.31. The Morgan fingerprint density at radius 1 is 1.17 bits per heavy atom. The van der Waals surface area contributed by atoms with Crippen LogP contribution in [0.5, 0.6) is 0 Å². The first kappa shape index (κ1) is 20.0. The lowest BCUT2D eigenvalue weighted by molar-refractivity contribution is -0.137. The summed E-state index contributed by atoms with van der Waals surface area (Å²) in [6.45, 7) is 3.84. The standard InChI is InChI=1S/C22H21F3N4O/c1-2-9-29-13-15-10-18(7-8-19(15)21(29)30)26-11-16-12-27-28-20(16)14-3-5-17(6-4-14)22(23,24)25/h3-8,10,12,26H,2,9,11,13H2,1H3,(H,27,28). The van der Waals surface area contributed by atoms with Crippen LogP contribution in [-0.2, 0) is 19.3 Å². The summed E-state index contributed by atoms with van der Waals surface area (Å²) in [4.78, 5) is 14.2. The monoisotopic (exact) mass is 414 g/mol. The fourth-order valence-electron chi connectivity index (χ4n) is 3.66. The number of halogens is 3. The number of benzene rings is 2. The molecule has 0 saturated carbocycles. The molecule has 2 aromatic carbocycles. The van der Waals surface area contributed by atoms with Gasteiger partial charge >= 0.3 is 6.18 Å². The maximum absolute atomic E-state index is 12.8. The smallest absolute Gasteiger partial charge is 0.381 e. The first-order valence-corrected chi connectivity index (χ1v) is 9.73. The molecule has 5 nitrogen and oxygen atoms in total. The molecule has 1 aromatic heterocycles. The number of rotatable bonds is 6. The van der Waals surface area contributed by atoms with E-state index in [4.69, 9.17) is 0 Å². The van der Waals surface area contributed by atoms with E-state index in [-0.39, 0.29) is 5.91 Å². The lowest BCUT2D eigenvalue weighted by Crippen LogP contribution is -2.24. The van der Waals surface area contributed by atoms with Gasteiger partial charge in [-0.2, -0.15) is 18.3 Å². The molecular formula is C22H21F3N4O. The summed E-state index contributed by atoms with van der Waals surface area (Å²) < 4.78 is 38.3. The number of amides is 1. The predicted octanol–water partition coefficient (Wildman–Crippen LogP) is 5.07. The maximum atomic E-state index is 12.8. The molecule has 0 atom stereocenters. The fraction of sp³-hybridized carbons (Fsp3) is 0.273. The van der Waals surface area contributed by atoms with E-state index in [1.165, 1.54) is 12.1 Å². The Labute approximate surface area is 171 Å². The molecule has 0 radical (unpaired) electrons. The average molecular weight is 414 g/mol. The first-order chi connectivity index (χ1) is 14.4. The third kappa shape index (κ3) is 3.90. The molecule has 1 aliphatic rings. The van der Waals surface area contributed by atoms with Crippen molar-refractivity contribution in [3.05, 3.63) is 70.9 Å². The van der Waals surface area contributed by atoms with Gasteiger partial charge in [0.05, 0.1) is 11.3 Å². The van der Waals surface area contributed by atoms with E-state index in [0.29, 0.717) is 24.3 Å². The number of carbonyl (C=O) groups is 1. The molecule has 156 valence electrons. The molecule has 0 unspecified atom stereocenters. The van der Waals surface area contributed by atoms with Crippen LogP contribution in [0, 0.1) is 0 Å². The molecule has 1 aliphatic heterocycles. The lowest BCUT2D eigenvalue weighted by Gasteiger charge is -2.13. The highest BCUT2D eigenvalue weighted by Gasteiger charge is 2.30. The second-order valence-electron chi connectivity index (χ2n) is 7.29. The first-order valence-electron chi connectivity index (χ1n) is 9.73. The van der Waals surface area contributed by atoms with Crippen molar-refractivity contribution in [2.75, 3.05) is 11.9 Å². The number of hydrogen-bond donors (Lipinski definition) is 2. The molecule has 30 heavy (non-hydrogen) atoms. The van der Waals surface area contributed by atoms with Crippen molar-refractivity contribution in [1.29, 1.82) is 0 Å². The van der Waals surface area contributed by atoms with Crippen LogP contribution in [-0.4, -0.2) is 27.5 Å². The van der Waals surface area contributed by atoms with Crippen molar-refractivity contribution in [2.45, 2.75) is 32.6 Å². The van der Waals surface area contributed by atoms with Crippen LogP contribution < -0.4 is 5.32 Å². The van der Waals surface area contributed by atoms with Crippen molar-refractivity contribution in [3.8, 4) is 11.3 Å². The van der Waals surface area contributed by atoms with Crippen LogP contribution in [0.4, 0.5) is 18.9 Å². The molecule has 0 aliphatic carbocycles. The van der Waals surface area contributed by atoms with Gasteiger partial charge in [-0.15, -0.1) is 0 Å². The third-order valence-electron chi connectivity index (χ3n) is 5.17. The molecule has 3 aromatic rings. The van der Waals surface area contributed by atoms with E-state index in [1.807, 2.05) is 30.0 Å². The number of aromatic amines is 1. The van der Waals surface area contributed by atoms with Gasteiger partial charge in [0.15, 0.2) is 0 Å². The second kappa shape index (κ2) is 7.85. The number of nitrogens with zero attached hydrogens (tertiary/aromatic N) is 2. The average Bonchev–Trinajstić information content (AvgIpc) is 3.31. The van der Waals surface area contributed by atoms with Gasteiger partial charge in [-0.25, -0.2) is 0 Å². The van der Waals surface area contributed by atoms with Crippen molar-refractivity contribution in [3.63, 3.8) is 0 Å². The summed E-state index contributed by atoms with van der Waals surface area (Å²) in [5.74, 6) is 0.0674. The Bertz CT molecular complexity index is 1060. The zero-order chi connectivity index (χ0) is 21.3. The number of alkyl halides is 3. The number of carbonyl (C=O) groups excluding carboxylic acids is 1. The van der Waals surface area contributed by atoms with Crippen molar-refractivity contribution < 1.29 is 18.0 Å². The minimum atomic E-state index is -4.36. The molecule has 1 amide bonds. The van der Waals surface area contributed by atoms with E-state index < -0.39 is 11.7 Å². The van der Waals surface area contributed by atoms with Gasteiger partial charge in [-0.05, 0) is 42.3 Å². The lowest BCUT2D eigenvalue weighted by atomic mass is 10.1. The van der Waals surface area contributed by atoms with Crippen molar-refractivity contribution in [1.82, 2.24) is 15.1 Å². The van der Waals surface area contributed by atoms with E-state index in [9.17, 15) is 18.0 Å². The molecule has 8 heteroatoms. The third-order valence-corrected chi connectivity index (χ3v) is 5.17. The fourth-order valence-corrected chi connectivity index (χ4v) is 3.66. The Balaban J connectivity index is 1.47. The number of fused-ring (bicyclic) bond motifs is 1. The van der Waals surface area contributed by atoms with E-state index in [1.54, 1.807) is 6.20 Å². The van der Waals surface area contributed by atoms with Gasteiger partial charge in [0.25, 0.3) is 5.91 Å². The highest BCUT2D eigenvalue weighted by atomic mass is 19.4. The van der Waals surface area contributed by atoms with E-state index in [0.717, 1.165) is 47.5 Å². The zero-order valence-electron chi connectivity index (χ0n) is 16.4. The summed E-state index contributed by atoms with van der Waals surface area (Å²) in [5.41, 5.74) is 3.96. The van der Waals surface area contributed by atoms with Crippen molar-refractivity contribution >= 4 is 11.6 Å². The summed E-state index contributed by atoms with van der Waals surface area (Å²) in [5, 5.41) is 10.3. The van der Waals surface area contributed by atoms with Crippen LogP contribution >= 0.6 is 0 Å². The predicted molar refractivity (Wildman–Crippen MR) is 108 cm³/mol.